The molecule has 1 atom stereocenters. The number of carbonyl (C=O) groups is 4. The quantitative estimate of drug-likeness (QED) is 0.0657. The van der Waals surface area contributed by atoms with Crippen LogP contribution in [0, 0.1) is 12.8 Å². The van der Waals surface area contributed by atoms with Crippen molar-refractivity contribution in [3.05, 3.63) is 130 Å². The molecule has 0 saturated carbocycles. The van der Waals surface area contributed by atoms with E-state index in [1.807, 2.05) is 96.3 Å². The van der Waals surface area contributed by atoms with Crippen LogP contribution in [0.5, 0.6) is 5.75 Å². The van der Waals surface area contributed by atoms with Crippen LogP contribution >= 0.6 is 11.3 Å². The van der Waals surface area contributed by atoms with Crippen LogP contribution in [0.1, 0.15) is 112 Å². The number of aromatic carboxylic acids is 1. The van der Waals surface area contributed by atoms with Gasteiger partial charge in [-0.2, -0.15) is 5.10 Å². The number of benzene rings is 4. The minimum Gasteiger partial charge on any atom is -0.493 e. The summed E-state index contributed by atoms with van der Waals surface area (Å²) < 4.78 is 9.33. The number of carboxylic acids is 1. The van der Waals surface area contributed by atoms with Gasteiger partial charge in [0.25, 0.3) is 5.91 Å². The number of anilines is 2. The van der Waals surface area contributed by atoms with Crippen molar-refractivity contribution in [1.82, 2.24) is 34.9 Å². The Morgan fingerprint density at radius 1 is 0.824 bits per heavy atom. The molecule has 4 aromatic carbocycles. The highest BCUT2D eigenvalue weighted by Gasteiger charge is 2.33. The summed E-state index contributed by atoms with van der Waals surface area (Å²) in [6.45, 7) is 10.2. The van der Waals surface area contributed by atoms with E-state index < -0.39 is 11.9 Å². The second-order valence-corrected chi connectivity index (χ2v) is 21.5. The van der Waals surface area contributed by atoms with Gasteiger partial charge < -0.3 is 24.5 Å². The summed E-state index contributed by atoms with van der Waals surface area (Å²) in [6, 6.07) is 29.5. The molecule has 0 radical (unpaired) electrons. The maximum Gasteiger partial charge on any atom is 0.355 e. The van der Waals surface area contributed by atoms with Crippen LogP contribution in [-0.4, -0.2) is 111 Å². The van der Waals surface area contributed by atoms with Crippen molar-refractivity contribution in [2.24, 2.45) is 13.0 Å². The van der Waals surface area contributed by atoms with Crippen molar-refractivity contribution in [1.29, 1.82) is 0 Å². The first-order chi connectivity index (χ1) is 36.0. The first-order valence-electron chi connectivity index (χ1n) is 26.3. The molecule has 4 aliphatic rings. The van der Waals surface area contributed by atoms with Crippen molar-refractivity contribution in [2.75, 3.05) is 62.6 Å². The van der Waals surface area contributed by atoms with E-state index in [4.69, 9.17) is 14.8 Å². The summed E-state index contributed by atoms with van der Waals surface area (Å²) in [6.07, 6.45) is 8.17. The number of rotatable bonds is 15. The lowest BCUT2D eigenvalue weighted by atomic mass is 9.86. The van der Waals surface area contributed by atoms with E-state index in [9.17, 15) is 24.3 Å². The molecule has 3 fully saturated rings. The second kappa shape index (κ2) is 21.5. The molecule has 3 aromatic heterocycles. The fourth-order valence-electron chi connectivity index (χ4n) is 11.9. The number of thiazole rings is 1. The van der Waals surface area contributed by atoms with Crippen LogP contribution in [0.3, 0.4) is 0 Å². The Bertz CT molecular complexity index is 3230. The van der Waals surface area contributed by atoms with Crippen molar-refractivity contribution >= 4 is 67.1 Å². The number of likely N-dealkylation sites (tertiary alicyclic amines) is 2. The van der Waals surface area contributed by atoms with Crippen LogP contribution < -0.4 is 20.3 Å². The highest BCUT2D eigenvalue weighted by Crippen LogP contribution is 2.39. The van der Waals surface area contributed by atoms with E-state index in [0.717, 1.165) is 120 Å². The molecule has 3 N–H and O–H groups in total. The minimum atomic E-state index is -1.10. The van der Waals surface area contributed by atoms with Crippen LogP contribution in [-0.2, 0) is 29.6 Å². The molecule has 0 bridgehead atoms. The molecule has 0 aliphatic carbocycles. The molecule has 7 heterocycles. The maximum atomic E-state index is 13.7. The number of piperidine rings is 3. The lowest BCUT2D eigenvalue weighted by molar-refractivity contribution is -0.134. The number of nitrogens with zero attached hydrogens (tertiary/aromatic N) is 7. The molecular weight excluding hydrogens is 951 g/mol. The van der Waals surface area contributed by atoms with Crippen molar-refractivity contribution in [3.63, 3.8) is 0 Å². The van der Waals surface area contributed by atoms with Gasteiger partial charge in [0.15, 0.2) is 10.8 Å². The topological polar surface area (TPSA) is 175 Å². The zero-order valence-electron chi connectivity index (χ0n) is 42.1. The van der Waals surface area contributed by atoms with Gasteiger partial charge in [-0.05, 0) is 161 Å². The number of fused-ring (bicyclic) bond motifs is 3. The molecule has 3 amide bonds. The smallest absolute Gasteiger partial charge is 0.355 e. The Labute approximate surface area is 434 Å². The van der Waals surface area contributed by atoms with E-state index >= 15 is 0 Å². The number of aromatic nitrogens is 4. The number of aryl methyl sites for hydroxylation is 1. The number of amides is 3. The lowest BCUT2D eigenvalue weighted by Gasteiger charge is -2.36. The van der Waals surface area contributed by atoms with E-state index in [0.29, 0.717) is 72.9 Å². The number of nitrogens with one attached hydrogen (secondary N) is 2. The van der Waals surface area contributed by atoms with Crippen molar-refractivity contribution < 1.29 is 29.0 Å². The third-order valence-electron chi connectivity index (χ3n) is 16.0. The molecule has 74 heavy (non-hydrogen) atoms. The molecule has 4 aliphatic heterocycles. The monoisotopic (exact) mass is 1010 g/mol. The highest BCUT2D eigenvalue weighted by atomic mass is 32.1. The molecule has 16 heteroatoms. The molecular formula is C58H63N9O6S. The van der Waals surface area contributed by atoms with Gasteiger partial charge in [-0.25, -0.2) is 14.8 Å². The number of carbonyl (C=O) groups excluding carboxylic acids is 3. The maximum absolute atomic E-state index is 13.7. The molecule has 7 aromatic rings. The summed E-state index contributed by atoms with van der Waals surface area (Å²) in [5.41, 5.74) is 8.76. The van der Waals surface area contributed by atoms with Gasteiger partial charge in [0.1, 0.15) is 11.6 Å². The number of ether oxygens (including phenoxy) is 1. The first kappa shape index (κ1) is 49.2. The predicted octanol–water partition coefficient (Wildman–Crippen LogP) is 9.34. The number of hydrogen-bond acceptors (Lipinski definition) is 12. The lowest BCUT2D eigenvalue weighted by Crippen LogP contribution is -2.42. The fraction of sp³-hybridized carbons (Fsp3) is 0.397. The van der Waals surface area contributed by atoms with Crippen LogP contribution in [0.4, 0.5) is 10.9 Å². The average molecular weight is 1010 g/mol. The number of pyridine rings is 1. The largest absolute Gasteiger partial charge is 0.493 e. The van der Waals surface area contributed by atoms with E-state index in [1.54, 1.807) is 0 Å². The Morgan fingerprint density at radius 2 is 1.59 bits per heavy atom. The number of imide groups is 1. The summed E-state index contributed by atoms with van der Waals surface area (Å²) in [7, 11) is 1.97. The zero-order valence-corrected chi connectivity index (χ0v) is 43.0. The molecule has 382 valence electrons. The van der Waals surface area contributed by atoms with Gasteiger partial charge in [0.2, 0.25) is 11.8 Å². The number of hydrogen-bond donors (Lipinski definition) is 3. The summed E-state index contributed by atoms with van der Waals surface area (Å²) in [5, 5.41) is 22.4. The number of para-hydroxylation sites is 2. The summed E-state index contributed by atoms with van der Waals surface area (Å²) in [5.74, 6) is 0.231. The third-order valence-corrected chi connectivity index (χ3v) is 16.9. The van der Waals surface area contributed by atoms with Crippen molar-refractivity contribution in [3.8, 4) is 16.9 Å². The van der Waals surface area contributed by atoms with Gasteiger partial charge in [0.05, 0.1) is 34.0 Å². The van der Waals surface area contributed by atoms with Gasteiger partial charge in [-0.15, -0.1) is 0 Å². The Balaban J connectivity index is 0.639. The molecule has 11 rings (SSSR count). The third kappa shape index (κ3) is 10.3. The highest BCUT2D eigenvalue weighted by molar-refractivity contribution is 7.22. The van der Waals surface area contributed by atoms with Gasteiger partial charge in [0, 0.05) is 56.2 Å². The average Bonchev–Trinajstić information content (AvgIpc) is 3.99. The standard InChI is InChI=1S/C58H63N9O6S/c1-36-40(42-18-20-50(60-53(42)57(71)72)67-31-26-38-10-5-13-43(46(38)35-67)55(69)62-58-59-47-15-3-4-17-49(47)74-58)11-7-16-48(36)73-34-8-9-37-22-27-65(28-23-37)32-33-66-29-24-39(25-30-66)41-12-6-14-44-52(63-64(2)54(41)44)45-19-21-51(68)61-56(45)70/h3-7,10-18,20,37,39,45H,8-9,19,21-35H2,1-2H3,(H,71,72)(H,59,62,69)(H,61,68,70). The van der Waals surface area contributed by atoms with Crippen LogP contribution in [0.15, 0.2) is 91.0 Å². The van der Waals surface area contributed by atoms with Crippen LogP contribution in [0.2, 0.25) is 0 Å². The molecule has 15 nitrogen and oxygen atoms in total. The zero-order chi connectivity index (χ0) is 50.9. The normalized spacial score (nSPS) is 18.2. The minimum absolute atomic E-state index is 0.0224. The van der Waals surface area contributed by atoms with E-state index in [1.165, 1.54) is 29.7 Å². The Morgan fingerprint density at radius 3 is 2.38 bits per heavy atom. The first-order valence-corrected chi connectivity index (χ1v) is 27.1. The van der Waals surface area contributed by atoms with Crippen molar-refractivity contribution in [2.45, 2.75) is 83.1 Å². The predicted molar refractivity (Wildman–Crippen MR) is 288 cm³/mol. The Hall–Kier alpha value is -7.01. The van der Waals surface area contributed by atoms with E-state index in [-0.39, 0.29) is 23.4 Å². The molecule has 1 unspecified atom stereocenters. The SMILES string of the molecule is Cc1c(OCCCC2CCN(CCN3CCC(c4cccc5c(C6CCC(=O)NC6=O)nn(C)c45)CC3)CC2)cccc1-c1ccc(N2CCc3cccc(C(=O)Nc4nc5ccccc5s4)c3C2)nc1C(=O)O. The van der Waals surface area contributed by atoms with Crippen LogP contribution in [0.25, 0.3) is 32.2 Å². The molecule has 0 spiro atoms. The fourth-order valence-corrected chi connectivity index (χ4v) is 12.7. The van der Waals surface area contributed by atoms with Gasteiger partial charge >= 0.3 is 5.97 Å². The van der Waals surface area contributed by atoms with Gasteiger partial charge in [-0.3, -0.25) is 29.7 Å². The summed E-state index contributed by atoms with van der Waals surface area (Å²) in [4.78, 5) is 67.7. The van der Waals surface area contributed by atoms with E-state index in [2.05, 4.69) is 43.6 Å². The van der Waals surface area contributed by atoms with Gasteiger partial charge in [-0.1, -0.05) is 65.9 Å². The number of carboxylic acid groups (broad SMARTS) is 1. The Kier molecular flexibility index (Phi) is 14.3. The molecule has 3 saturated heterocycles. The second-order valence-electron chi connectivity index (χ2n) is 20.5. The summed E-state index contributed by atoms with van der Waals surface area (Å²) >= 11 is 1.44.